The van der Waals surface area contributed by atoms with Gasteiger partial charge in [0, 0.05) is 16.5 Å². The van der Waals surface area contributed by atoms with Crippen molar-refractivity contribution in [1.29, 1.82) is 0 Å². The number of phenols is 1. The highest BCUT2D eigenvalue weighted by molar-refractivity contribution is 6.25. The van der Waals surface area contributed by atoms with Gasteiger partial charge in [0.2, 0.25) is 0 Å². The minimum absolute atomic E-state index is 0.0437. The van der Waals surface area contributed by atoms with E-state index >= 15 is 0 Å². The van der Waals surface area contributed by atoms with Crippen molar-refractivity contribution in [3.05, 3.63) is 125 Å². The molecule has 0 amide bonds. The van der Waals surface area contributed by atoms with Crippen molar-refractivity contribution < 1.29 is 15.3 Å². The Morgan fingerprint density at radius 2 is 1.11 bits per heavy atom. The molecule has 3 nitrogen and oxygen atoms in total. The Morgan fingerprint density at radius 1 is 0.565 bits per heavy atom. The third-order valence-electron chi connectivity index (χ3n) is 10.2. The first-order valence-electron chi connectivity index (χ1n) is 16.2. The van der Waals surface area contributed by atoms with Crippen LogP contribution in [0.1, 0.15) is 55.5 Å². The van der Waals surface area contributed by atoms with Gasteiger partial charge in [-0.05, 0) is 119 Å². The van der Waals surface area contributed by atoms with Gasteiger partial charge in [0.05, 0.1) is 13.2 Å². The third kappa shape index (κ3) is 4.26. The molecule has 46 heavy (non-hydrogen) atoms. The Morgan fingerprint density at radius 3 is 1.74 bits per heavy atom. The van der Waals surface area contributed by atoms with Crippen LogP contribution in [0.15, 0.2) is 97.1 Å². The molecule has 0 aromatic heterocycles. The largest absolute Gasteiger partial charge is 0.507 e. The van der Waals surface area contributed by atoms with Crippen LogP contribution in [0.25, 0.3) is 65.7 Å². The lowest BCUT2D eigenvalue weighted by molar-refractivity contribution is 0.264. The van der Waals surface area contributed by atoms with Gasteiger partial charge < -0.3 is 15.3 Å². The second-order valence-electron chi connectivity index (χ2n) is 14.0. The van der Waals surface area contributed by atoms with Crippen LogP contribution in [-0.2, 0) is 25.0 Å². The smallest absolute Gasteiger partial charge is 0.126 e. The van der Waals surface area contributed by atoms with Crippen molar-refractivity contribution in [2.24, 2.45) is 5.92 Å². The van der Waals surface area contributed by atoms with Gasteiger partial charge in [0.15, 0.2) is 0 Å². The lowest BCUT2D eigenvalue weighted by atomic mass is 9.80. The molecule has 3 heteroatoms. The van der Waals surface area contributed by atoms with Crippen molar-refractivity contribution in [2.45, 2.75) is 52.7 Å². The molecule has 0 saturated carbocycles. The molecule has 0 atom stereocenters. The molecule has 0 saturated heterocycles. The summed E-state index contributed by atoms with van der Waals surface area (Å²) < 4.78 is 0. The minimum atomic E-state index is -0.292. The summed E-state index contributed by atoms with van der Waals surface area (Å²) in [5.74, 6) is 0.575. The highest BCUT2D eigenvalue weighted by Gasteiger charge is 2.36. The van der Waals surface area contributed by atoms with E-state index in [1.54, 1.807) is 0 Å². The molecule has 228 valence electrons. The lowest BCUT2D eigenvalue weighted by Gasteiger charge is -2.23. The van der Waals surface area contributed by atoms with E-state index in [4.69, 9.17) is 0 Å². The average Bonchev–Trinajstić information content (AvgIpc) is 3.28. The van der Waals surface area contributed by atoms with Gasteiger partial charge >= 0.3 is 0 Å². The molecule has 1 aliphatic rings. The van der Waals surface area contributed by atoms with Crippen molar-refractivity contribution in [2.75, 3.05) is 0 Å². The Bertz CT molecular complexity index is 2280. The van der Waals surface area contributed by atoms with Crippen molar-refractivity contribution >= 4 is 32.3 Å². The van der Waals surface area contributed by atoms with Crippen LogP contribution in [0, 0.1) is 5.92 Å². The van der Waals surface area contributed by atoms with Gasteiger partial charge in [-0.1, -0.05) is 100 Å². The SMILES string of the molecule is CC(C)Cc1cc2ccc3ccc(-c4ccc5c(c4)C(C)(C)c4cc(-c6cc(CO)c(O)c(CO)c6)ccc4-5)c4ccc(c1)c2c34. The van der Waals surface area contributed by atoms with Crippen molar-refractivity contribution in [3.63, 3.8) is 0 Å². The highest BCUT2D eigenvalue weighted by atomic mass is 16.3. The van der Waals surface area contributed by atoms with E-state index in [2.05, 4.69) is 113 Å². The van der Waals surface area contributed by atoms with Crippen LogP contribution >= 0.6 is 0 Å². The van der Waals surface area contributed by atoms with Gasteiger partial charge in [0.25, 0.3) is 0 Å². The molecule has 0 heterocycles. The molecule has 3 N–H and O–H groups in total. The molecular weight excluding hydrogens is 564 g/mol. The van der Waals surface area contributed by atoms with Crippen LogP contribution in [0.5, 0.6) is 5.75 Å². The summed E-state index contributed by atoms with van der Waals surface area (Å²) >= 11 is 0. The third-order valence-corrected chi connectivity index (χ3v) is 10.2. The molecule has 7 aromatic carbocycles. The second-order valence-corrected chi connectivity index (χ2v) is 14.0. The fourth-order valence-electron chi connectivity index (χ4n) is 7.98. The van der Waals surface area contributed by atoms with Crippen molar-refractivity contribution in [1.82, 2.24) is 0 Å². The monoisotopic (exact) mass is 602 g/mol. The first-order valence-corrected chi connectivity index (χ1v) is 16.2. The van der Waals surface area contributed by atoms with Crippen LogP contribution < -0.4 is 0 Å². The number of rotatable bonds is 6. The Kier molecular flexibility index (Phi) is 6.51. The summed E-state index contributed by atoms with van der Waals surface area (Å²) in [6, 6.07) is 35.6. The van der Waals surface area contributed by atoms with Gasteiger partial charge in [0.1, 0.15) is 5.75 Å². The van der Waals surface area contributed by atoms with E-state index in [1.165, 1.54) is 71.3 Å². The summed E-state index contributed by atoms with van der Waals surface area (Å²) in [6.07, 6.45) is 1.08. The minimum Gasteiger partial charge on any atom is -0.507 e. The zero-order chi connectivity index (χ0) is 31.9. The summed E-state index contributed by atoms with van der Waals surface area (Å²) in [6.45, 7) is 8.56. The summed E-state index contributed by atoms with van der Waals surface area (Å²) in [5, 5.41) is 38.0. The van der Waals surface area contributed by atoms with E-state index in [0.29, 0.717) is 17.0 Å². The Labute approximate surface area is 269 Å². The first kappa shape index (κ1) is 28.8. The molecule has 0 radical (unpaired) electrons. The molecule has 0 unspecified atom stereocenters. The predicted molar refractivity (Wildman–Crippen MR) is 191 cm³/mol. The number of aliphatic hydroxyl groups excluding tert-OH is 2. The van der Waals surface area contributed by atoms with E-state index in [-0.39, 0.29) is 24.4 Å². The highest BCUT2D eigenvalue weighted by Crippen LogP contribution is 2.51. The quantitative estimate of drug-likeness (QED) is 0.166. The molecule has 0 spiro atoms. The summed E-state index contributed by atoms with van der Waals surface area (Å²) in [7, 11) is 0. The number of hydrogen-bond donors (Lipinski definition) is 3. The maximum absolute atomic E-state index is 10.4. The van der Waals surface area contributed by atoms with Crippen LogP contribution in [-0.4, -0.2) is 15.3 Å². The van der Waals surface area contributed by atoms with Crippen LogP contribution in [0.2, 0.25) is 0 Å². The van der Waals surface area contributed by atoms with Crippen LogP contribution in [0.4, 0.5) is 0 Å². The number of aliphatic hydroxyl groups is 2. The fourth-order valence-corrected chi connectivity index (χ4v) is 7.98. The first-order chi connectivity index (χ1) is 22.2. The topological polar surface area (TPSA) is 60.7 Å². The second kappa shape index (κ2) is 10.4. The van der Waals surface area contributed by atoms with E-state index < -0.39 is 0 Å². The maximum Gasteiger partial charge on any atom is 0.126 e. The van der Waals surface area contributed by atoms with E-state index in [9.17, 15) is 15.3 Å². The van der Waals surface area contributed by atoms with Gasteiger partial charge in [-0.15, -0.1) is 0 Å². The number of aromatic hydroxyl groups is 1. The zero-order valence-corrected chi connectivity index (χ0v) is 26.8. The zero-order valence-electron chi connectivity index (χ0n) is 26.8. The summed E-state index contributed by atoms with van der Waals surface area (Å²) in [5.41, 5.74) is 11.4. The van der Waals surface area contributed by atoms with E-state index in [1.807, 2.05) is 12.1 Å². The molecule has 8 rings (SSSR count). The lowest BCUT2D eigenvalue weighted by Crippen LogP contribution is -2.15. The van der Waals surface area contributed by atoms with Gasteiger partial charge in [-0.2, -0.15) is 0 Å². The van der Waals surface area contributed by atoms with Gasteiger partial charge in [-0.25, -0.2) is 0 Å². The van der Waals surface area contributed by atoms with E-state index in [0.717, 1.165) is 17.5 Å². The molecular formula is C43H38O3. The molecule has 0 aliphatic heterocycles. The average molecular weight is 603 g/mol. The predicted octanol–water partition coefficient (Wildman–Crippen LogP) is 10.1. The fraction of sp³-hybridized carbons (Fsp3) is 0.209. The Hall–Kier alpha value is -4.70. The number of fused-ring (bicyclic) bond motifs is 3. The Balaban J connectivity index is 1.24. The molecule has 0 fully saturated rings. The maximum atomic E-state index is 10.4. The van der Waals surface area contributed by atoms with Crippen molar-refractivity contribution in [3.8, 4) is 39.1 Å². The summed E-state index contributed by atoms with van der Waals surface area (Å²) in [4.78, 5) is 0. The number of hydrogen-bond acceptors (Lipinski definition) is 3. The normalized spacial score (nSPS) is 13.7. The number of benzene rings is 7. The molecule has 0 bridgehead atoms. The van der Waals surface area contributed by atoms with Crippen LogP contribution in [0.3, 0.4) is 0 Å². The molecule has 7 aromatic rings. The van der Waals surface area contributed by atoms with Gasteiger partial charge in [-0.3, -0.25) is 0 Å². The standard InChI is InChI=1S/C43H38O3/c1-24(2)15-25-16-29-6-5-26-7-11-34(37-14-10-30(17-25)40(29)41(26)37)28-9-13-36-35-12-8-27(20-38(35)43(3,4)39(36)21-28)31-18-32(22-44)42(46)33(19-31)23-45/h5-14,16-21,24,44-46H,15,22-23H2,1-4H3. The molecule has 1 aliphatic carbocycles.